The molecular weight excluding hydrogens is 272 g/mol. The third-order valence-electron chi connectivity index (χ3n) is 2.93. The molecule has 0 aliphatic heterocycles. The summed E-state index contributed by atoms with van der Waals surface area (Å²) in [6.45, 7) is 4.05. The Bertz CT molecular complexity index is 679. The molecule has 0 saturated carbocycles. The SMILES string of the molecule is Cc1cc(C)n(CC(=O)NCc2cc(C(=O)O)ccn2)n1. The normalized spacial score (nSPS) is 10.4. The fraction of sp³-hybridized carbons (Fsp3) is 0.286. The minimum atomic E-state index is -1.02. The van der Waals surface area contributed by atoms with E-state index in [4.69, 9.17) is 5.11 Å². The first-order valence-electron chi connectivity index (χ1n) is 6.41. The standard InChI is InChI=1S/C14H16N4O3/c1-9-5-10(2)18(17-9)8-13(19)16-7-12-6-11(14(20)21)3-4-15-12/h3-6H,7-8H2,1-2H3,(H,16,19)(H,20,21). The first-order valence-corrected chi connectivity index (χ1v) is 6.41. The zero-order valence-electron chi connectivity index (χ0n) is 11.8. The molecule has 0 unspecified atom stereocenters. The molecule has 7 nitrogen and oxygen atoms in total. The molecule has 0 aliphatic carbocycles. The van der Waals surface area contributed by atoms with Gasteiger partial charge >= 0.3 is 5.97 Å². The van der Waals surface area contributed by atoms with Crippen LogP contribution in [0.15, 0.2) is 24.4 Å². The van der Waals surface area contributed by atoms with Crippen molar-refractivity contribution in [3.8, 4) is 0 Å². The smallest absolute Gasteiger partial charge is 0.335 e. The van der Waals surface area contributed by atoms with Gasteiger partial charge in [0.05, 0.1) is 23.5 Å². The molecule has 2 aromatic heterocycles. The Hall–Kier alpha value is -2.70. The third-order valence-corrected chi connectivity index (χ3v) is 2.93. The molecule has 0 aliphatic rings. The molecule has 0 fully saturated rings. The molecule has 0 radical (unpaired) electrons. The number of pyridine rings is 1. The molecule has 0 saturated heterocycles. The molecule has 7 heteroatoms. The van der Waals surface area contributed by atoms with Crippen LogP contribution in [0.2, 0.25) is 0 Å². The molecule has 1 amide bonds. The number of carboxylic acid groups (broad SMARTS) is 1. The van der Waals surface area contributed by atoms with E-state index in [0.29, 0.717) is 5.69 Å². The van der Waals surface area contributed by atoms with Crippen molar-refractivity contribution >= 4 is 11.9 Å². The van der Waals surface area contributed by atoms with E-state index < -0.39 is 5.97 Å². The first-order chi connectivity index (χ1) is 9.95. The lowest BCUT2D eigenvalue weighted by atomic mass is 10.2. The number of carbonyl (C=O) groups is 2. The Morgan fingerprint density at radius 3 is 2.71 bits per heavy atom. The van der Waals surface area contributed by atoms with Crippen molar-refractivity contribution in [2.75, 3.05) is 0 Å². The fourth-order valence-electron chi connectivity index (χ4n) is 1.92. The van der Waals surface area contributed by atoms with E-state index in [-0.39, 0.29) is 24.6 Å². The monoisotopic (exact) mass is 288 g/mol. The number of amides is 1. The second-order valence-corrected chi connectivity index (χ2v) is 4.70. The van der Waals surface area contributed by atoms with Gasteiger partial charge in [0.2, 0.25) is 5.91 Å². The molecule has 2 aromatic rings. The lowest BCUT2D eigenvalue weighted by Gasteiger charge is -2.07. The highest BCUT2D eigenvalue weighted by atomic mass is 16.4. The molecule has 0 bridgehead atoms. The summed E-state index contributed by atoms with van der Waals surface area (Å²) in [5.41, 5.74) is 2.41. The van der Waals surface area contributed by atoms with Gasteiger partial charge in [0.1, 0.15) is 6.54 Å². The molecule has 2 rings (SSSR count). The van der Waals surface area contributed by atoms with Crippen LogP contribution in [0.5, 0.6) is 0 Å². The van der Waals surface area contributed by atoms with Gasteiger partial charge in [-0.25, -0.2) is 4.79 Å². The Morgan fingerprint density at radius 2 is 2.10 bits per heavy atom. The van der Waals surface area contributed by atoms with E-state index in [0.717, 1.165) is 11.4 Å². The van der Waals surface area contributed by atoms with Gasteiger partial charge in [-0.2, -0.15) is 5.10 Å². The zero-order chi connectivity index (χ0) is 15.4. The number of hydrogen-bond donors (Lipinski definition) is 2. The summed E-state index contributed by atoms with van der Waals surface area (Å²) in [4.78, 5) is 26.7. The lowest BCUT2D eigenvalue weighted by Crippen LogP contribution is -2.28. The van der Waals surface area contributed by atoms with Crippen molar-refractivity contribution < 1.29 is 14.7 Å². The summed E-state index contributed by atoms with van der Waals surface area (Å²) in [6, 6.07) is 4.74. The van der Waals surface area contributed by atoms with Gasteiger partial charge in [0.15, 0.2) is 0 Å². The number of nitrogens with one attached hydrogen (secondary N) is 1. The van der Waals surface area contributed by atoms with E-state index in [2.05, 4.69) is 15.4 Å². The molecule has 0 spiro atoms. The van der Waals surface area contributed by atoms with Crippen LogP contribution in [0.25, 0.3) is 0 Å². The number of hydrogen-bond acceptors (Lipinski definition) is 4. The Morgan fingerprint density at radius 1 is 1.33 bits per heavy atom. The molecule has 0 atom stereocenters. The second-order valence-electron chi connectivity index (χ2n) is 4.70. The van der Waals surface area contributed by atoms with Crippen molar-refractivity contribution in [1.82, 2.24) is 20.1 Å². The van der Waals surface area contributed by atoms with Crippen LogP contribution in [-0.4, -0.2) is 31.7 Å². The van der Waals surface area contributed by atoms with Crippen LogP contribution in [0.4, 0.5) is 0 Å². The van der Waals surface area contributed by atoms with E-state index in [1.807, 2.05) is 19.9 Å². The van der Waals surface area contributed by atoms with Gasteiger partial charge in [-0.05, 0) is 32.0 Å². The average Bonchev–Trinajstić information content (AvgIpc) is 2.75. The number of aromatic nitrogens is 3. The van der Waals surface area contributed by atoms with E-state index in [1.165, 1.54) is 18.3 Å². The summed E-state index contributed by atoms with van der Waals surface area (Å²) in [7, 11) is 0. The van der Waals surface area contributed by atoms with E-state index >= 15 is 0 Å². The maximum atomic E-state index is 11.9. The largest absolute Gasteiger partial charge is 0.478 e. The van der Waals surface area contributed by atoms with Crippen LogP contribution in [-0.2, 0) is 17.9 Å². The molecule has 110 valence electrons. The van der Waals surface area contributed by atoms with Gasteiger partial charge in [0.25, 0.3) is 0 Å². The van der Waals surface area contributed by atoms with Crippen LogP contribution < -0.4 is 5.32 Å². The second kappa shape index (κ2) is 6.17. The fourth-order valence-corrected chi connectivity index (χ4v) is 1.92. The minimum absolute atomic E-state index is 0.123. The highest BCUT2D eigenvalue weighted by Gasteiger charge is 2.08. The number of aromatic carboxylic acids is 1. The average molecular weight is 288 g/mol. The van der Waals surface area contributed by atoms with E-state index in [9.17, 15) is 9.59 Å². The summed E-state index contributed by atoms with van der Waals surface area (Å²) in [5.74, 6) is -1.23. The highest BCUT2D eigenvalue weighted by molar-refractivity contribution is 5.87. The topological polar surface area (TPSA) is 97.1 Å². The van der Waals surface area contributed by atoms with Crippen LogP contribution in [0, 0.1) is 13.8 Å². The van der Waals surface area contributed by atoms with Crippen LogP contribution >= 0.6 is 0 Å². The van der Waals surface area contributed by atoms with Crippen LogP contribution in [0.1, 0.15) is 27.4 Å². The van der Waals surface area contributed by atoms with Crippen molar-refractivity contribution in [3.63, 3.8) is 0 Å². The van der Waals surface area contributed by atoms with Gasteiger partial charge in [0, 0.05) is 11.9 Å². The number of nitrogens with zero attached hydrogens (tertiary/aromatic N) is 3. The van der Waals surface area contributed by atoms with Gasteiger partial charge in [-0.3, -0.25) is 14.5 Å². The Labute approximate surface area is 121 Å². The van der Waals surface area contributed by atoms with Crippen molar-refractivity contribution in [1.29, 1.82) is 0 Å². The lowest BCUT2D eigenvalue weighted by molar-refractivity contribution is -0.122. The molecule has 21 heavy (non-hydrogen) atoms. The van der Waals surface area contributed by atoms with E-state index in [1.54, 1.807) is 4.68 Å². The highest BCUT2D eigenvalue weighted by Crippen LogP contribution is 2.03. The van der Waals surface area contributed by atoms with Gasteiger partial charge in [-0.15, -0.1) is 0 Å². The quantitative estimate of drug-likeness (QED) is 0.852. The Balaban J connectivity index is 1.93. The van der Waals surface area contributed by atoms with Gasteiger partial charge < -0.3 is 10.4 Å². The number of aryl methyl sites for hydroxylation is 2. The summed E-state index contributed by atoms with van der Waals surface area (Å²) < 4.78 is 1.62. The predicted octanol–water partition coefficient (Wildman–Crippen LogP) is 0.910. The minimum Gasteiger partial charge on any atom is -0.478 e. The van der Waals surface area contributed by atoms with Crippen LogP contribution in [0.3, 0.4) is 0 Å². The van der Waals surface area contributed by atoms with Crippen molar-refractivity contribution in [2.24, 2.45) is 0 Å². The Kier molecular flexibility index (Phi) is 4.32. The predicted molar refractivity (Wildman–Crippen MR) is 74.7 cm³/mol. The van der Waals surface area contributed by atoms with Crippen molar-refractivity contribution in [3.05, 3.63) is 47.0 Å². The van der Waals surface area contributed by atoms with Gasteiger partial charge in [-0.1, -0.05) is 0 Å². The molecule has 0 aromatic carbocycles. The van der Waals surface area contributed by atoms with Crippen molar-refractivity contribution in [2.45, 2.75) is 26.9 Å². The first kappa shape index (κ1) is 14.7. The maximum Gasteiger partial charge on any atom is 0.335 e. The summed E-state index contributed by atoms with van der Waals surface area (Å²) >= 11 is 0. The number of carboxylic acids is 1. The number of rotatable bonds is 5. The molecule has 2 N–H and O–H groups in total. The summed E-state index contributed by atoms with van der Waals surface area (Å²) in [6.07, 6.45) is 1.41. The third kappa shape index (κ3) is 3.88. The number of carbonyl (C=O) groups excluding carboxylic acids is 1. The zero-order valence-corrected chi connectivity index (χ0v) is 11.8. The molecule has 2 heterocycles. The molecular formula is C14H16N4O3. The summed E-state index contributed by atoms with van der Waals surface area (Å²) in [5, 5.41) is 15.8. The maximum absolute atomic E-state index is 11.9.